The van der Waals surface area contributed by atoms with Gasteiger partial charge in [-0.2, -0.15) is 0 Å². The van der Waals surface area contributed by atoms with E-state index in [-0.39, 0.29) is 11.8 Å². The molecule has 32 heavy (non-hydrogen) atoms. The van der Waals surface area contributed by atoms with Crippen LogP contribution in [-0.2, 0) is 11.3 Å². The Morgan fingerprint density at radius 2 is 1.84 bits per heavy atom. The van der Waals surface area contributed by atoms with Crippen molar-refractivity contribution in [3.8, 4) is 5.75 Å². The molecule has 0 radical (unpaired) electrons. The lowest BCUT2D eigenvalue weighted by Gasteiger charge is -2.10. The minimum absolute atomic E-state index is 0.0432. The van der Waals surface area contributed by atoms with Crippen molar-refractivity contribution in [3.63, 3.8) is 0 Å². The zero-order valence-electron chi connectivity index (χ0n) is 17.5. The molecule has 160 valence electrons. The van der Waals surface area contributed by atoms with Crippen molar-refractivity contribution in [2.75, 3.05) is 0 Å². The van der Waals surface area contributed by atoms with Crippen LogP contribution in [0.25, 0.3) is 17.3 Å². The van der Waals surface area contributed by atoms with Crippen molar-refractivity contribution < 1.29 is 14.9 Å². The van der Waals surface area contributed by atoms with Gasteiger partial charge in [0.15, 0.2) is 0 Å². The lowest BCUT2D eigenvalue weighted by atomic mass is 10.0. The van der Waals surface area contributed by atoms with Crippen LogP contribution in [0.3, 0.4) is 0 Å². The Morgan fingerprint density at radius 3 is 2.53 bits per heavy atom. The predicted octanol–water partition coefficient (Wildman–Crippen LogP) is 4.28. The molecule has 4 rings (SSSR count). The summed E-state index contributed by atoms with van der Waals surface area (Å²) in [6.07, 6.45) is 5.75. The van der Waals surface area contributed by atoms with Crippen molar-refractivity contribution in [2.24, 2.45) is 0 Å². The molecule has 0 unspecified atom stereocenters. The Morgan fingerprint density at radius 1 is 1.09 bits per heavy atom. The fourth-order valence-corrected chi connectivity index (χ4v) is 3.29. The summed E-state index contributed by atoms with van der Waals surface area (Å²) in [6, 6.07) is 20.7. The highest BCUT2D eigenvalue weighted by Gasteiger charge is 2.13. The highest BCUT2D eigenvalue weighted by Crippen LogP contribution is 2.24. The molecular formula is C25H22ClN4O2+. The van der Waals surface area contributed by atoms with E-state index in [4.69, 9.17) is 31.9 Å². The van der Waals surface area contributed by atoms with Gasteiger partial charge in [0.25, 0.3) is 0 Å². The Balaban J connectivity index is 1.53. The van der Waals surface area contributed by atoms with Crippen molar-refractivity contribution in [3.05, 3.63) is 101 Å². The minimum atomic E-state index is -0.0432. The first-order valence-electron chi connectivity index (χ1n) is 9.97. The maximum Gasteiger partial charge on any atom is 0.336 e. The highest BCUT2D eigenvalue weighted by atomic mass is 35.5. The number of pyridine rings is 1. The molecule has 0 aliphatic heterocycles. The van der Waals surface area contributed by atoms with E-state index in [1.807, 2.05) is 77.5 Å². The molecule has 6 nitrogen and oxygen atoms in total. The van der Waals surface area contributed by atoms with E-state index < -0.39 is 0 Å². The number of hydrogen-bond acceptors (Lipinski definition) is 4. The Kier molecular flexibility index (Phi) is 6.33. The molecule has 0 atom stereocenters. The van der Waals surface area contributed by atoms with Gasteiger partial charge in [0.05, 0.1) is 12.6 Å². The number of fused-ring (bicyclic) bond motifs is 1. The molecule has 2 aromatic heterocycles. The average molecular weight is 446 g/mol. The fourth-order valence-electron chi connectivity index (χ4n) is 3.17. The van der Waals surface area contributed by atoms with Crippen LogP contribution in [0.15, 0.2) is 79.1 Å². The highest BCUT2D eigenvalue weighted by molar-refractivity contribution is 6.30. The summed E-state index contributed by atoms with van der Waals surface area (Å²) >= 11 is 5.98. The number of ether oxygens (including phenoxy) is 2. The first-order chi connectivity index (χ1) is 15.5. The van der Waals surface area contributed by atoms with Gasteiger partial charge in [-0.15, -0.1) is 0 Å². The SMILES string of the molecule is CC(=[NH2+])OC(=N)/C(=C/c1ccc(Cl)cc1)c1ccc(OCc2cn3ccccc3n2)cc1. The monoisotopic (exact) mass is 445 g/mol. The average Bonchev–Trinajstić information content (AvgIpc) is 3.20. The summed E-state index contributed by atoms with van der Waals surface area (Å²) < 4.78 is 13.2. The molecule has 0 aliphatic carbocycles. The molecule has 0 spiro atoms. The second-order valence-corrected chi connectivity index (χ2v) is 7.60. The van der Waals surface area contributed by atoms with E-state index in [1.165, 1.54) is 0 Å². The van der Waals surface area contributed by atoms with Gasteiger partial charge in [-0.25, -0.2) is 10.4 Å². The minimum Gasteiger partial charge on any atom is -0.487 e. The van der Waals surface area contributed by atoms with Crippen molar-refractivity contribution in [1.82, 2.24) is 9.38 Å². The number of imidazole rings is 1. The number of rotatable bonds is 6. The van der Waals surface area contributed by atoms with Crippen LogP contribution < -0.4 is 10.1 Å². The third kappa shape index (κ3) is 5.22. The Bertz CT molecular complexity index is 1260. The number of hydrogen-bond donors (Lipinski definition) is 2. The van der Waals surface area contributed by atoms with E-state index >= 15 is 0 Å². The number of benzene rings is 2. The molecule has 0 fully saturated rings. The van der Waals surface area contributed by atoms with Gasteiger partial charge in [-0.05, 0) is 53.6 Å². The van der Waals surface area contributed by atoms with Gasteiger partial charge >= 0.3 is 5.90 Å². The Labute approximate surface area is 190 Å². The number of nitrogens with two attached hydrogens (primary N) is 1. The topological polar surface area (TPSA) is 85.2 Å². The zero-order valence-corrected chi connectivity index (χ0v) is 18.2. The molecule has 2 aromatic carbocycles. The van der Waals surface area contributed by atoms with Crippen molar-refractivity contribution >= 4 is 40.7 Å². The molecular weight excluding hydrogens is 424 g/mol. The van der Waals surface area contributed by atoms with E-state index in [0.29, 0.717) is 23.0 Å². The second kappa shape index (κ2) is 9.49. The summed E-state index contributed by atoms with van der Waals surface area (Å²) in [5.74, 6) is 0.855. The molecule has 7 heteroatoms. The molecule has 4 aromatic rings. The van der Waals surface area contributed by atoms with E-state index in [0.717, 1.165) is 22.5 Å². The van der Waals surface area contributed by atoms with Gasteiger partial charge < -0.3 is 13.9 Å². The van der Waals surface area contributed by atoms with Crippen LogP contribution >= 0.6 is 11.6 Å². The lowest BCUT2D eigenvalue weighted by Crippen LogP contribution is -2.40. The third-order valence-corrected chi connectivity index (χ3v) is 4.91. The lowest BCUT2D eigenvalue weighted by molar-refractivity contribution is -0.132. The summed E-state index contributed by atoms with van der Waals surface area (Å²) in [4.78, 5) is 4.54. The molecule has 0 saturated heterocycles. The van der Waals surface area contributed by atoms with E-state index in [9.17, 15) is 0 Å². The fraction of sp³-hybridized carbons (Fsp3) is 0.0800. The van der Waals surface area contributed by atoms with Crippen LogP contribution in [0.5, 0.6) is 5.75 Å². The van der Waals surface area contributed by atoms with E-state index in [2.05, 4.69) is 4.98 Å². The van der Waals surface area contributed by atoms with Crippen LogP contribution in [-0.4, -0.2) is 21.2 Å². The normalized spacial score (nSPS) is 11.4. The number of nitrogens with zero attached hydrogens (tertiary/aromatic N) is 2. The number of halogens is 1. The first-order valence-corrected chi connectivity index (χ1v) is 10.3. The van der Waals surface area contributed by atoms with Gasteiger partial charge in [-0.1, -0.05) is 41.9 Å². The maximum atomic E-state index is 8.35. The van der Waals surface area contributed by atoms with Gasteiger partial charge in [-0.3, -0.25) is 5.41 Å². The summed E-state index contributed by atoms with van der Waals surface area (Å²) in [5, 5.41) is 14.6. The molecule has 0 amide bonds. The van der Waals surface area contributed by atoms with Gasteiger partial charge in [0.2, 0.25) is 5.90 Å². The van der Waals surface area contributed by atoms with E-state index in [1.54, 1.807) is 19.1 Å². The molecule has 2 heterocycles. The molecule has 0 aliphatic rings. The summed E-state index contributed by atoms with van der Waals surface area (Å²) in [5.41, 5.74) is 3.99. The van der Waals surface area contributed by atoms with Gasteiger partial charge in [0, 0.05) is 23.0 Å². The maximum absolute atomic E-state index is 8.35. The Hall–Kier alpha value is -3.90. The first kappa shape index (κ1) is 21.3. The smallest absolute Gasteiger partial charge is 0.336 e. The molecule has 3 N–H and O–H groups in total. The second-order valence-electron chi connectivity index (χ2n) is 7.16. The number of nitrogens with one attached hydrogen (secondary N) is 1. The van der Waals surface area contributed by atoms with Gasteiger partial charge in [0.1, 0.15) is 18.0 Å². The van der Waals surface area contributed by atoms with Crippen LogP contribution in [0.2, 0.25) is 5.02 Å². The standard InChI is InChI=1S/C25H21ClN4O2/c1-17(27)32-25(28)23(14-18-5-9-20(26)10-6-18)19-7-11-22(12-8-19)31-16-21-15-30-13-3-2-4-24(30)29-21/h2-15,27-28H,16H2,1H3/p+1/b23-14+,27-17?,28-25?. The van der Waals surface area contributed by atoms with Crippen LogP contribution in [0.4, 0.5) is 0 Å². The summed E-state index contributed by atoms with van der Waals surface area (Å²) in [6.45, 7) is 1.96. The van der Waals surface area contributed by atoms with Crippen molar-refractivity contribution in [1.29, 1.82) is 5.41 Å². The molecule has 0 saturated carbocycles. The quantitative estimate of drug-likeness (QED) is 0.264. The number of aromatic nitrogens is 2. The van der Waals surface area contributed by atoms with Crippen LogP contribution in [0.1, 0.15) is 23.7 Å². The zero-order chi connectivity index (χ0) is 22.5. The van der Waals surface area contributed by atoms with Crippen LogP contribution in [0, 0.1) is 5.41 Å². The summed E-state index contributed by atoms with van der Waals surface area (Å²) in [7, 11) is 0. The molecule has 0 bridgehead atoms. The largest absolute Gasteiger partial charge is 0.487 e. The predicted molar refractivity (Wildman–Crippen MR) is 127 cm³/mol. The van der Waals surface area contributed by atoms with Crippen molar-refractivity contribution in [2.45, 2.75) is 13.5 Å². The third-order valence-electron chi connectivity index (χ3n) is 4.65.